The lowest BCUT2D eigenvalue weighted by Gasteiger charge is -2.27. The van der Waals surface area contributed by atoms with Gasteiger partial charge in [0.05, 0.1) is 11.9 Å². The number of amides is 1. The molecule has 126 valence electrons. The molecule has 1 saturated heterocycles. The smallest absolute Gasteiger partial charge is 0.420 e. The van der Waals surface area contributed by atoms with Gasteiger partial charge in [0, 0.05) is 0 Å². The van der Waals surface area contributed by atoms with Crippen LogP contribution in [0.1, 0.15) is 12.8 Å². The number of piperidine rings is 1. The molecular weight excluding hydrogens is 313 g/mol. The Morgan fingerprint density at radius 2 is 1.92 bits per heavy atom. The second-order valence-corrected chi connectivity index (χ2v) is 5.52. The van der Waals surface area contributed by atoms with E-state index in [0.717, 1.165) is 25.9 Å². The first-order chi connectivity index (χ1) is 11.6. The minimum Gasteiger partial charge on any atom is -0.506 e. The van der Waals surface area contributed by atoms with E-state index in [0.29, 0.717) is 11.5 Å². The average molecular weight is 331 g/mol. The third kappa shape index (κ3) is 3.80. The lowest BCUT2D eigenvalue weighted by Crippen LogP contribution is -2.37. The van der Waals surface area contributed by atoms with Crippen molar-refractivity contribution in [1.29, 1.82) is 0 Å². The van der Waals surface area contributed by atoms with Crippen molar-refractivity contribution >= 4 is 17.6 Å². The number of benzene rings is 1. The fourth-order valence-electron chi connectivity index (χ4n) is 2.54. The average Bonchev–Trinajstić information content (AvgIpc) is 2.59. The van der Waals surface area contributed by atoms with Gasteiger partial charge in [-0.3, -0.25) is 0 Å². The maximum Gasteiger partial charge on any atom is 0.420 e. The van der Waals surface area contributed by atoms with Crippen molar-refractivity contribution in [1.82, 2.24) is 10.3 Å². The highest BCUT2D eigenvalue weighted by Gasteiger charge is 2.25. The first kappa shape index (κ1) is 16.2. The molecule has 2 aromatic rings. The second-order valence-electron chi connectivity index (χ2n) is 5.52. The van der Waals surface area contributed by atoms with E-state index in [1.165, 1.54) is 47.5 Å². The number of carbonyl (C=O) groups excluding carboxylic acids is 1. The summed E-state index contributed by atoms with van der Waals surface area (Å²) < 4.78 is 18.8. The van der Waals surface area contributed by atoms with E-state index in [1.54, 1.807) is 0 Å². The Morgan fingerprint density at radius 1 is 1.21 bits per heavy atom. The first-order valence-electron chi connectivity index (χ1n) is 7.75. The van der Waals surface area contributed by atoms with E-state index in [4.69, 9.17) is 4.74 Å². The number of halogens is 1. The Labute approximate surface area is 138 Å². The first-order valence-corrected chi connectivity index (χ1v) is 7.75. The highest BCUT2D eigenvalue weighted by Crippen LogP contribution is 2.27. The molecule has 0 spiro atoms. The fraction of sp³-hybridized carbons (Fsp3) is 0.294. The number of nitrogens with one attached hydrogen (secondary N) is 1. The van der Waals surface area contributed by atoms with Crippen molar-refractivity contribution in [3.05, 3.63) is 48.4 Å². The zero-order valence-corrected chi connectivity index (χ0v) is 13.0. The molecule has 1 aliphatic heterocycles. The number of pyridine rings is 1. The lowest BCUT2D eigenvalue weighted by molar-refractivity contribution is 0.0869. The summed E-state index contributed by atoms with van der Waals surface area (Å²) in [6, 6.07) is 8.42. The maximum absolute atomic E-state index is 13.2. The summed E-state index contributed by atoms with van der Waals surface area (Å²) in [4.78, 5) is 18.0. The highest BCUT2D eigenvalue weighted by molar-refractivity contribution is 5.95. The van der Waals surface area contributed by atoms with Gasteiger partial charge in [-0.05, 0) is 62.3 Å². The Bertz CT molecular complexity index is 640. The molecule has 0 aliphatic carbocycles. The summed E-state index contributed by atoms with van der Waals surface area (Å²) in [5.41, 5.74) is 0.438. The summed E-state index contributed by atoms with van der Waals surface area (Å²) in [5.74, 6) is -0.119. The Morgan fingerprint density at radius 3 is 2.54 bits per heavy atom. The van der Waals surface area contributed by atoms with Crippen LogP contribution >= 0.6 is 0 Å². The number of hydrogen-bond acceptors (Lipinski definition) is 5. The molecule has 3 rings (SSSR count). The van der Waals surface area contributed by atoms with Gasteiger partial charge in [-0.25, -0.2) is 19.1 Å². The Kier molecular flexibility index (Phi) is 4.90. The molecule has 1 aromatic carbocycles. The molecule has 0 saturated carbocycles. The number of ether oxygens (including phenoxy) is 1. The van der Waals surface area contributed by atoms with Crippen LogP contribution in [0.4, 0.5) is 20.7 Å². The van der Waals surface area contributed by atoms with Crippen molar-refractivity contribution in [3.8, 4) is 5.75 Å². The zero-order valence-electron chi connectivity index (χ0n) is 13.0. The van der Waals surface area contributed by atoms with Gasteiger partial charge < -0.3 is 15.2 Å². The predicted molar refractivity (Wildman–Crippen MR) is 86.8 cm³/mol. The monoisotopic (exact) mass is 331 g/mol. The number of rotatable bonds is 3. The Hall–Kier alpha value is -2.67. The third-order valence-corrected chi connectivity index (χ3v) is 3.78. The third-order valence-electron chi connectivity index (χ3n) is 3.78. The SMILES string of the molecule is O=C(OC1CCNCC1)N(c1ccc(F)cc1)c1ccc(O)cn1. The largest absolute Gasteiger partial charge is 0.506 e. The summed E-state index contributed by atoms with van der Waals surface area (Å²) in [6.45, 7) is 1.60. The molecule has 0 bridgehead atoms. The summed E-state index contributed by atoms with van der Waals surface area (Å²) >= 11 is 0. The number of aromatic hydroxyl groups is 1. The molecular formula is C17H18FN3O3. The van der Waals surface area contributed by atoms with Crippen LogP contribution in [0, 0.1) is 5.82 Å². The van der Waals surface area contributed by atoms with Crippen molar-refractivity contribution < 1.29 is 19.0 Å². The molecule has 2 heterocycles. The number of nitrogens with zero attached hydrogens (tertiary/aromatic N) is 2. The molecule has 0 unspecified atom stereocenters. The van der Waals surface area contributed by atoms with Gasteiger partial charge in [-0.1, -0.05) is 0 Å². The van der Waals surface area contributed by atoms with Crippen LogP contribution in [0.15, 0.2) is 42.6 Å². The lowest BCUT2D eigenvalue weighted by atomic mass is 10.1. The zero-order chi connectivity index (χ0) is 16.9. The molecule has 0 radical (unpaired) electrons. The van der Waals surface area contributed by atoms with Crippen molar-refractivity contribution in [2.24, 2.45) is 0 Å². The van der Waals surface area contributed by atoms with Crippen LogP contribution in [0.3, 0.4) is 0 Å². The molecule has 1 amide bonds. The molecule has 24 heavy (non-hydrogen) atoms. The molecule has 1 aromatic heterocycles. The summed E-state index contributed by atoms with van der Waals surface area (Å²) in [5, 5.41) is 12.6. The normalized spacial score (nSPS) is 15.0. The fourth-order valence-corrected chi connectivity index (χ4v) is 2.54. The summed E-state index contributed by atoms with van der Waals surface area (Å²) in [6.07, 6.45) is 1.98. The quantitative estimate of drug-likeness (QED) is 0.904. The second kappa shape index (κ2) is 7.27. The van der Waals surface area contributed by atoms with E-state index >= 15 is 0 Å². The van der Waals surface area contributed by atoms with Crippen molar-refractivity contribution in [3.63, 3.8) is 0 Å². The van der Waals surface area contributed by atoms with Crippen molar-refractivity contribution in [2.45, 2.75) is 18.9 Å². The number of anilines is 2. The van der Waals surface area contributed by atoms with Gasteiger partial charge in [-0.2, -0.15) is 0 Å². The van der Waals surface area contributed by atoms with Gasteiger partial charge in [0.25, 0.3) is 0 Å². The Balaban J connectivity index is 1.87. The molecule has 0 atom stereocenters. The molecule has 2 N–H and O–H groups in total. The van der Waals surface area contributed by atoms with Gasteiger partial charge in [-0.15, -0.1) is 0 Å². The maximum atomic E-state index is 13.2. The van der Waals surface area contributed by atoms with Crippen LogP contribution in [0.25, 0.3) is 0 Å². The summed E-state index contributed by atoms with van der Waals surface area (Å²) in [7, 11) is 0. The van der Waals surface area contributed by atoms with Crippen LogP contribution in [0.2, 0.25) is 0 Å². The van der Waals surface area contributed by atoms with Gasteiger partial charge >= 0.3 is 6.09 Å². The van der Waals surface area contributed by atoms with Crippen molar-refractivity contribution in [2.75, 3.05) is 18.0 Å². The van der Waals surface area contributed by atoms with E-state index in [2.05, 4.69) is 10.3 Å². The predicted octanol–water partition coefficient (Wildman–Crippen LogP) is 2.95. The van der Waals surface area contributed by atoms with Crippen LogP contribution in [-0.4, -0.2) is 35.4 Å². The topological polar surface area (TPSA) is 74.7 Å². The van der Waals surface area contributed by atoms with E-state index in [1.807, 2.05) is 0 Å². The minimum atomic E-state index is -0.577. The van der Waals surface area contributed by atoms with Gasteiger partial charge in [0.2, 0.25) is 0 Å². The van der Waals surface area contributed by atoms with E-state index in [-0.39, 0.29) is 11.9 Å². The standard InChI is InChI=1S/C17H18FN3O3/c18-12-1-3-13(4-2-12)21(16-6-5-14(22)11-20-16)17(23)24-15-7-9-19-10-8-15/h1-6,11,15,19,22H,7-10H2. The van der Waals surface area contributed by atoms with Gasteiger partial charge in [0.1, 0.15) is 23.5 Å². The number of aromatic nitrogens is 1. The van der Waals surface area contributed by atoms with E-state index < -0.39 is 11.9 Å². The van der Waals surface area contributed by atoms with E-state index in [9.17, 15) is 14.3 Å². The molecule has 1 fully saturated rings. The van der Waals surface area contributed by atoms with Crippen LogP contribution < -0.4 is 10.2 Å². The molecule has 7 heteroatoms. The molecule has 6 nitrogen and oxygen atoms in total. The minimum absolute atomic E-state index is 0.00970. The number of carbonyl (C=O) groups is 1. The van der Waals surface area contributed by atoms with Crippen LogP contribution in [0.5, 0.6) is 5.75 Å². The van der Waals surface area contributed by atoms with Crippen LogP contribution in [-0.2, 0) is 4.74 Å². The number of hydrogen-bond donors (Lipinski definition) is 2. The highest BCUT2D eigenvalue weighted by atomic mass is 19.1. The van der Waals surface area contributed by atoms with Gasteiger partial charge in [0.15, 0.2) is 0 Å². The molecule has 1 aliphatic rings.